The van der Waals surface area contributed by atoms with Gasteiger partial charge >= 0.3 is 6.03 Å². The number of nitrogens with zero attached hydrogens (tertiary/aromatic N) is 5. The Morgan fingerprint density at radius 2 is 2.00 bits per heavy atom. The van der Waals surface area contributed by atoms with Crippen molar-refractivity contribution in [2.45, 2.75) is 17.3 Å². The number of benzene rings is 1. The maximum absolute atomic E-state index is 12.4. The first-order chi connectivity index (χ1) is 12.0. The zero-order chi connectivity index (χ0) is 17.8. The third kappa shape index (κ3) is 4.52. The number of rotatable bonds is 4. The van der Waals surface area contributed by atoms with Crippen LogP contribution in [0.5, 0.6) is 0 Å². The van der Waals surface area contributed by atoms with Crippen molar-refractivity contribution in [1.29, 1.82) is 0 Å². The molecule has 1 saturated heterocycles. The summed E-state index contributed by atoms with van der Waals surface area (Å²) in [7, 11) is 4.01. The van der Waals surface area contributed by atoms with Crippen molar-refractivity contribution in [2.24, 2.45) is 7.05 Å². The SMILES string of the molecule is CC(Sc1nncn1C)c1cccc(NC(=O)N2CCN(C)CC2)c1. The van der Waals surface area contributed by atoms with E-state index in [1.807, 2.05) is 34.7 Å². The van der Waals surface area contributed by atoms with Crippen LogP contribution in [0, 0.1) is 0 Å². The minimum Gasteiger partial charge on any atom is -0.322 e. The number of urea groups is 1. The Labute approximate surface area is 152 Å². The molecule has 3 rings (SSSR count). The van der Waals surface area contributed by atoms with Gasteiger partial charge in [-0.2, -0.15) is 0 Å². The van der Waals surface area contributed by atoms with Crippen LogP contribution in [0.15, 0.2) is 35.7 Å². The minimum atomic E-state index is -0.0288. The van der Waals surface area contributed by atoms with Gasteiger partial charge in [-0.3, -0.25) is 0 Å². The lowest BCUT2D eigenvalue weighted by Crippen LogP contribution is -2.48. The van der Waals surface area contributed by atoms with Crippen molar-refractivity contribution in [2.75, 3.05) is 38.5 Å². The molecule has 25 heavy (non-hydrogen) atoms. The van der Waals surface area contributed by atoms with Crippen molar-refractivity contribution in [3.8, 4) is 0 Å². The maximum Gasteiger partial charge on any atom is 0.321 e. The molecule has 1 fully saturated rings. The molecular formula is C17H24N6OS. The molecule has 1 unspecified atom stereocenters. The van der Waals surface area contributed by atoms with E-state index in [1.165, 1.54) is 0 Å². The normalized spacial score (nSPS) is 16.7. The molecule has 2 heterocycles. The largest absolute Gasteiger partial charge is 0.322 e. The van der Waals surface area contributed by atoms with E-state index in [0.29, 0.717) is 0 Å². The van der Waals surface area contributed by atoms with E-state index in [0.717, 1.165) is 42.6 Å². The zero-order valence-electron chi connectivity index (χ0n) is 14.8. The number of thioether (sulfide) groups is 1. The number of anilines is 1. The van der Waals surface area contributed by atoms with Crippen molar-refractivity contribution >= 4 is 23.5 Å². The number of likely N-dealkylation sites (N-methyl/N-ethyl adjacent to an activating group) is 1. The number of amides is 2. The molecule has 0 aliphatic carbocycles. The fourth-order valence-corrected chi connectivity index (χ4v) is 3.59. The predicted molar refractivity (Wildman–Crippen MR) is 99.8 cm³/mol. The molecule has 0 radical (unpaired) electrons. The topological polar surface area (TPSA) is 66.3 Å². The van der Waals surface area contributed by atoms with Crippen molar-refractivity contribution in [3.05, 3.63) is 36.2 Å². The molecule has 1 atom stereocenters. The average molecular weight is 360 g/mol. The van der Waals surface area contributed by atoms with Gasteiger partial charge in [-0.25, -0.2) is 4.79 Å². The lowest BCUT2D eigenvalue weighted by Gasteiger charge is -2.32. The molecule has 2 amide bonds. The Morgan fingerprint density at radius 3 is 2.68 bits per heavy atom. The van der Waals surface area contributed by atoms with Crippen LogP contribution in [0.4, 0.5) is 10.5 Å². The van der Waals surface area contributed by atoms with Gasteiger partial charge in [0.1, 0.15) is 6.33 Å². The minimum absolute atomic E-state index is 0.0288. The van der Waals surface area contributed by atoms with Crippen molar-refractivity contribution in [1.82, 2.24) is 24.6 Å². The summed E-state index contributed by atoms with van der Waals surface area (Å²) in [6.45, 7) is 5.49. The Morgan fingerprint density at radius 1 is 1.24 bits per heavy atom. The van der Waals surface area contributed by atoms with Crippen LogP contribution in [0.25, 0.3) is 0 Å². The second kappa shape index (κ2) is 7.88. The van der Waals surface area contributed by atoms with E-state index in [2.05, 4.69) is 40.5 Å². The van der Waals surface area contributed by atoms with E-state index in [4.69, 9.17) is 0 Å². The number of aryl methyl sites for hydroxylation is 1. The quantitative estimate of drug-likeness (QED) is 0.849. The van der Waals surface area contributed by atoms with E-state index < -0.39 is 0 Å². The Bertz CT molecular complexity index is 725. The molecule has 0 saturated carbocycles. The van der Waals surface area contributed by atoms with Gasteiger partial charge in [0, 0.05) is 44.2 Å². The van der Waals surface area contributed by atoms with Crippen molar-refractivity contribution in [3.63, 3.8) is 0 Å². The number of piperazine rings is 1. The van der Waals surface area contributed by atoms with Gasteiger partial charge in [-0.1, -0.05) is 23.9 Å². The van der Waals surface area contributed by atoms with Crippen LogP contribution in [0.1, 0.15) is 17.7 Å². The first-order valence-corrected chi connectivity index (χ1v) is 9.26. The summed E-state index contributed by atoms with van der Waals surface area (Å²) in [6, 6.07) is 7.97. The second-order valence-corrected chi connectivity index (χ2v) is 7.64. The molecule has 0 spiro atoms. The number of carbonyl (C=O) groups is 1. The molecule has 0 bridgehead atoms. The first-order valence-electron chi connectivity index (χ1n) is 8.38. The highest BCUT2D eigenvalue weighted by atomic mass is 32.2. The number of aromatic nitrogens is 3. The third-order valence-electron chi connectivity index (χ3n) is 4.35. The molecule has 1 N–H and O–H groups in total. The van der Waals surface area contributed by atoms with Gasteiger partial charge in [0.15, 0.2) is 5.16 Å². The summed E-state index contributed by atoms with van der Waals surface area (Å²) in [5.41, 5.74) is 1.97. The lowest BCUT2D eigenvalue weighted by atomic mass is 10.1. The van der Waals surface area contributed by atoms with Crippen LogP contribution in [-0.4, -0.2) is 63.8 Å². The summed E-state index contributed by atoms with van der Waals surface area (Å²) < 4.78 is 1.90. The summed E-state index contributed by atoms with van der Waals surface area (Å²) >= 11 is 1.65. The fourth-order valence-electron chi connectivity index (χ4n) is 2.69. The highest BCUT2D eigenvalue weighted by molar-refractivity contribution is 7.99. The van der Waals surface area contributed by atoms with Gasteiger partial charge < -0.3 is 19.7 Å². The summed E-state index contributed by atoms with van der Waals surface area (Å²) in [4.78, 5) is 16.5. The van der Waals surface area contributed by atoms with E-state index >= 15 is 0 Å². The highest BCUT2D eigenvalue weighted by Gasteiger charge is 2.19. The molecule has 2 aromatic rings. The number of nitrogens with one attached hydrogen (secondary N) is 1. The highest BCUT2D eigenvalue weighted by Crippen LogP contribution is 2.34. The first kappa shape index (κ1) is 17.8. The summed E-state index contributed by atoms with van der Waals surface area (Å²) in [5, 5.41) is 12.1. The number of hydrogen-bond acceptors (Lipinski definition) is 5. The number of hydrogen-bond donors (Lipinski definition) is 1. The van der Waals surface area contributed by atoms with Gasteiger partial charge in [-0.05, 0) is 31.7 Å². The fraction of sp³-hybridized carbons (Fsp3) is 0.471. The standard InChI is InChI=1S/C17H24N6OS/c1-13(25-17-20-18-12-22(17)3)14-5-4-6-15(11-14)19-16(24)23-9-7-21(2)8-10-23/h4-6,11-13H,7-10H2,1-3H3,(H,19,24). The zero-order valence-corrected chi connectivity index (χ0v) is 15.7. The molecule has 7 nitrogen and oxygen atoms in total. The smallest absolute Gasteiger partial charge is 0.321 e. The van der Waals surface area contributed by atoms with Gasteiger partial charge in [0.05, 0.1) is 0 Å². The predicted octanol–water partition coefficient (Wildman–Crippen LogP) is 2.45. The molecule has 1 aliphatic rings. The summed E-state index contributed by atoms with van der Waals surface area (Å²) in [6.07, 6.45) is 1.70. The van der Waals surface area contributed by atoms with Crippen LogP contribution in [0.2, 0.25) is 0 Å². The van der Waals surface area contributed by atoms with Gasteiger partial charge in [-0.15, -0.1) is 10.2 Å². The van der Waals surface area contributed by atoms with Gasteiger partial charge in [0.25, 0.3) is 0 Å². The third-order valence-corrected chi connectivity index (χ3v) is 5.56. The average Bonchev–Trinajstić information content (AvgIpc) is 3.00. The van der Waals surface area contributed by atoms with Crippen LogP contribution < -0.4 is 5.32 Å². The second-order valence-electron chi connectivity index (χ2n) is 6.33. The van der Waals surface area contributed by atoms with Crippen LogP contribution >= 0.6 is 11.8 Å². The summed E-state index contributed by atoms with van der Waals surface area (Å²) in [5.74, 6) is 0. The molecule has 134 valence electrons. The van der Waals surface area contributed by atoms with E-state index in [9.17, 15) is 4.79 Å². The van der Waals surface area contributed by atoms with Gasteiger partial charge in [0.2, 0.25) is 0 Å². The molecule has 1 aliphatic heterocycles. The Kier molecular flexibility index (Phi) is 5.60. The Hall–Kier alpha value is -2.06. The molecule has 8 heteroatoms. The molecular weight excluding hydrogens is 336 g/mol. The monoisotopic (exact) mass is 360 g/mol. The van der Waals surface area contributed by atoms with E-state index in [1.54, 1.807) is 18.1 Å². The van der Waals surface area contributed by atoms with Crippen molar-refractivity contribution < 1.29 is 4.79 Å². The lowest BCUT2D eigenvalue weighted by molar-refractivity contribution is 0.164. The van der Waals surface area contributed by atoms with E-state index in [-0.39, 0.29) is 11.3 Å². The van der Waals surface area contributed by atoms with Crippen LogP contribution in [-0.2, 0) is 7.05 Å². The molecule has 1 aromatic heterocycles. The molecule has 1 aromatic carbocycles. The van der Waals surface area contributed by atoms with Crippen LogP contribution in [0.3, 0.4) is 0 Å². The Balaban J connectivity index is 1.63. The number of carbonyl (C=O) groups excluding carboxylic acids is 1. The maximum atomic E-state index is 12.4.